The molecule has 3 rings (SSSR count). The van der Waals surface area contributed by atoms with Crippen LogP contribution >= 0.6 is 0 Å². The van der Waals surface area contributed by atoms with E-state index in [1.54, 1.807) is 24.3 Å². The second kappa shape index (κ2) is 6.59. The molecular weight excluding hydrogens is 340 g/mol. The molecule has 140 valence electrons. The number of hydrogen-bond acceptors (Lipinski definition) is 7. The van der Waals surface area contributed by atoms with E-state index < -0.39 is 11.7 Å². The van der Waals surface area contributed by atoms with E-state index in [-0.39, 0.29) is 17.2 Å². The van der Waals surface area contributed by atoms with Crippen molar-refractivity contribution >= 4 is 0 Å². The van der Waals surface area contributed by atoms with Crippen molar-refractivity contribution in [3.8, 4) is 28.7 Å². The van der Waals surface area contributed by atoms with E-state index in [0.29, 0.717) is 28.2 Å². The van der Waals surface area contributed by atoms with Crippen LogP contribution in [0, 0.1) is 0 Å². The number of phenols is 1. The minimum absolute atomic E-state index is 0.143. The number of benzene rings is 2. The van der Waals surface area contributed by atoms with Crippen LogP contribution in [0.2, 0.25) is 0 Å². The summed E-state index contributed by atoms with van der Waals surface area (Å²) in [6, 6.07) is 6.73. The van der Waals surface area contributed by atoms with Crippen molar-refractivity contribution < 1.29 is 33.9 Å². The molecule has 0 heterocycles. The van der Waals surface area contributed by atoms with Crippen molar-refractivity contribution in [1.29, 1.82) is 0 Å². The van der Waals surface area contributed by atoms with Gasteiger partial charge in [-0.25, -0.2) is 0 Å². The number of rotatable bonds is 6. The van der Waals surface area contributed by atoms with E-state index in [4.69, 9.17) is 23.7 Å². The smallest absolute Gasteiger partial charge is 0.201 e. The zero-order valence-electron chi connectivity index (χ0n) is 15.3. The number of ether oxygens (including phenoxy) is 5. The lowest BCUT2D eigenvalue weighted by Gasteiger charge is -2.47. The fourth-order valence-corrected chi connectivity index (χ4v) is 3.54. The molecule has 2 aromatic rings. The summed E-state index contributed by atoms with van der Waals surface area (Å²) in [5, 5.41) is 21.9. The highest BCUT2D eigenvalue weighted by Crippen LogP contribution is 2.61. The molecule has 1 aliphatic rings. The fourth-order valence-electron chi connectivity index (χ4n) is 3.54. The first-order chi connectivity index (χ1) is 12.5. The molecular formula is C19H22O7. The van der Waals surface area contributed by atoms with Gasteiger partial charge < -0.3 is 33.9 Å². The summed E-state index contributed by atoms with van der Waals surface area (Å²) in [7, 11) is 7.43. The molecule has 0 saturated heterocycles. The Balaban J connectivity index is 2.24. The quantitative estimate of drug-likeness (QED) is 0.816. The average molecular weight is 362 g/mol. The summed E-state index contributed by atoms with van der Waals surface area (Å²) in [6.45, 7) is 0. The molecule has 0 saturated carbocycles. The van der Waals surface area contributed by atoms with E-state index in [2.05, 4.69) is 0 Å². The Kier molecular flexibility index (Phi) is 4.60. The Hall–Kier alpha value is -2.64. The highest BCUT2D eigenvalue weighted by Gasteiger charge is 2.56. The van der Waals surface area contributed by atoms with Crippen LogP contribution in [0.1, 0.15) is 22.8 Å². The van der Waals surface area contributed by atoms with Gasteiger partial charge in [-0.3, -0.25) is 0 Å². The van der Waals surface area contributed by atoms with Gasteiger partial charge >= 0.3 is 0 Å². The van der Waals surface area contributed by atoms with E-state index >= 15 is 0 Å². The molecule has 0 radical (unpaired) electrons. The topological polar surface area (TPSA) is 86.6 Å². The summed E-state index contributed by atoms with van der Waals surface area (Å²) in [5.74, 6) is 1.22. The molecule has 0 bridgehead atoms. The van der Waals surface area contributed by atoms with Gasteiger partial charge in [0.25, 0.3) is 0 Å². The molecule has 2 atom stereocenters. The maximum Gasteiger partial charge on any atom is 0.201 e. The van der Waals surface area contributed by atoms with Gasteiger partial charge in [0.1, 0.15) is 11.7 Å². The molecule has 1 aliphatic carbocycles. The highest BCUT2D eigenvalue weighted by molar-refractivity contribution is 5.69. The zero-order chi connectivity index (χ0) is 19.1. The lowest BCUT2D eigenvalue weighted by atomic mass is 9.66. The molecule has 0 aromatic heterocycles. The third-order valence-electron chi connectivity index (χ3n) is 4.78. The molecule has 0 fully saturated rings. The van der Waals surface area contributed by atoms with Gasteiger partial charge in [-0.1, -0.05) is 6.07 Å². The number of aromatic hydroxyl groups is 1. The first-order valence-corrected chi connectivity index (χ1v) is 7.93. The number of hydrogen-bond donors (Lipinski definition) is 2. The maximum atomic E-state index is 11.5. The fraction of sp³-hybridized carbons (Fsp3) is 0.368. The third-order valence-corrected chi connectivity index (χ3v) is 4.78. The monoisotopic (exact) mass is 362 g/mol. The molecule has 0 aliphatic heterocycles. The number of aliphatic hydroxyl groups is 1. The van der Waals surface area contributed by atoms with Gasteiger partial charge in [0.05, 0.1) is 28.4 Å². The average Bonchev–Trinajstić information content (AvgIpc) is 2.67. The second-order valence-corrected chi connectivity index (χ2v) is 5.88. The molecule has 2 N–H and O–H groups in total. The van der Waals surface area contributed by atoms with Crippen molar-refractivity contribution in [3.63, 3.8) is 0 Å². The Morgan fingerprint density at radius 1 is 0.846 bits per heavy atom. The van der Waals surface area contributed by atoms with Gasteiger partial charge in [0.2, 0.25) is 5.75 Å². The maximum absolute atomic E-state index is 11.5. The Labute approximate surface area is 151 Å². The molecule has 26 heavy (non-hydrogen) atoms. The van der Waals surface area contributed by atoms with Crippen LogP contribution in [0.5, 0.6) is 28.7 Å². The summed E-state index contributed by atoms with van der Waals surface area (Å²) < 4.78 is 26.7. The predicted molar refractivity (Wildman–Crippen MR) is 93.5 cm³/mol. The lowest BCUT2D eigenvalue weighted by molar-refractivity contribution is -0.104. The summed E-state index contributed by atoms with van der Waals surface area (Å²) >= 11 is 0. The molecule has 0 spiro atoms. The highest BCUT2D eigenvalue weighted by atomic mass is 16.5. The minimum Gasteiger partial charge on any atom is -0.502 e. The van der Waals surface area contributed by atoms with Gasteiger partial charge in [-0.15, -0.1) is 0 Å². The van der Waals surface area contributed by atoms with Crippen molar-refractivity contribution in [2.24, 2.45) is 0 Å². The normalized spacial score (nSPS) is 20.8. The molecule has 2 aromatic carbocycles. The van der Waals surface area contributed by atoms with Crippen LogP contribution in [0.4, 0.5) is 0 Å². The number of phenolic OH excluding ortho intramolecular Hbond substituents is 1. The minimum atomic E-state index is -1.53. The Morgan fingerprint density at radius 3 is 2.04 bits per heavy atom. The lowest BCUT2D eigenvalue weighted by Crippen LogP contribution is -2.46. The number of fused-ring (bicyclic) bond motifs is 1. The van der Waals surface area contributed by atoms with E-state index in [9.17, 15) is 10.2 Å². The van der Waals surface area contributed by atoms with Crippen LogP contribution in [0.15, 0.2) is 24.3 Å². The van der Waals surface area contributed by atoms with E-state index in [1.165, 1.54) is 35.5 Å². The first kappa shape index (κ1) is 18.2. The largest absolute Gasteiger partial charge is 0.502 e. The van der Waals surface area contributed by atoms with Crippen molar-refractivity contribution in [3.05, 3.63) is 41.0 Å². The first-order valence-electron chi connectivity index (χ1n) is 7.93. The number of methoxy groups -OCH3 is 5. The van der Waals surface area contributed by atoms with Crippen molar-refractivity contribution in [1.82, 2.24) is 0 Å². The van der Waals surface area contributed by atoms with Gasteiger partial charge in [-0.05, 0) is 29.3 Å². The molecule has 7 nitrogen and oxygen atoms in total. The van der Waals surface area contributed by atoms with Crippen LogP contribution in [-0.2, 0) is 10.3 Å². The predicted octanol–water partition coefficient (Wildman–Crippen LogP) is 2.36. The zero-order valence-corrected chi connectivity index (χ0v) is 15.3. The summed E-state index contributed by atoms with van der Waals surface area (Å²) in [5.41, 5.74) is 0.102. The van der Waals surface area contributed by atoms with Crippen molar-refractivity contribution in [2.45, 2.75) is 11.7 Å². The molecule has 0 unspecified atom stereocenters. The second-order valence-electron chi connectivity index (χ2n) is 5.88. The van der Waals surface area contributed by atoms with Crippen LogP contribution in [-0.4, -0.2) is 45.8 Å². The van der Waals surface area contributed by atoms with Crippen LogP contribution < -0.4 is 18.9 Å². The van der Waals surface area contributed by atoms with Crippen LogP contribution in [0.25, 0.3) is 0 Å². The van der Waals surface area contributed by atoms with Crippen LogP contribution in [0.3, 0.4) is 0 Å². The van der Waals surface area contributed by atoms with Gasteiger partial charge in [0, 0.05) is 12.7 Å². The van der Waals surface area contributed by atoms with E-state index in [0.717, 1.165) is 0 Å². The summed E-state index contributed by atoms with van der Waals surface area (Å²) in [6.07, 6.45) is -0.668. The SMILES string of the molecule is COc1ccc([C@@]2(O)c3c(cc(OC)c(O)c3OC)[C@H]2OC)cc1OC. The Bertz CT molecular complexity index is 833. The summed E-state index contributed by atoms with van der Waals surface area (Å²) in [4.78, 5) is 0. The van der Waals surface area contributed by atoms with Crippen molar-refractivity contribution in [2.75, 3.05) is 35.5 Å². The van der Waals surface area contributed by atoms with Gasteiger partial charge in [-0.2, -0.15) is 0 Å². The van der Waals surface area contributed by atoms with E-state index in [1.807, 2.05) is 0 Å². The molecule has 0 amide bonds. The third kappa shape index (κ3) is 2.28. The molecule has 7 heteroatoms. The van der Waals surface area contributed by atoms with Gasteiger partial charge in [0.15, 0.2) is 23.0 Å². The Morgan fingerprint density at radius 2 is 1.50 bits per heavy atom. The standard InChI is InChI=1S/C19H22O7/c1-22-12-7-6-10(8-13(12)23-2)19(21)15-11(18(19)26-5)9-14(24-3)16(20)17(15)25-4/h6-9,18,20-21H,1-5H3/t18-,19-/m1/s1.